The van der Waals surface area contributed by atoms with E-state index < -0.39 is 0 Å². The summed E-state index contributed by atoms with van der Waals surface area (Å²) in [4.78, 5) is 15.6. The Hall–Kier alpha value is -2.83. The van der Waals surface area contributed by atoms with Gasteiger partial charge in [0, 0.05) is 44.4 Å². The van der Waals surface area contributed by atoms with Crippen LogP contribution >= 0.6 is 0 Å². The third-order valence-corrected chi connectivity index (χ3v) is 5.17. The average Bonchev–Trinajstić information content (AvgIpc) is 2.78. The second-order valence-corrected chi connectivity index (χ2v) is 7.11. The predicted molar refractivity (Wildman–Crippen MR) is 114 cm³/mol. The first kappa shape index (κ1) is 19.5. The van der Waals surface area contributed by atoms with E-state index in [1.54, 1.807) is 25.3 Å². The highest BCUT2D eigenvalue weighted by Crippen LogP contribution is 2.32. The maximum atomic E-state index is 13.2. The van der Waals surface area contributed by atoms with E-state index in [0.29, 0.717) is 29.1 Å². The lowest BCUT2D eigenvalue weighted by Gasteiger charge is -2.27. The van der Waals surface area contributed by atoms with E-state index in [4.69, 9.17) is 13.9 Å². The zero-order valence-corrected chi connectivity index (χ0v) is 16.6. The molecule has 1 saturated heterocycles. The Morgan fingerprint density at radius 2 is 1.90 bits per heavy atom. The van der Waals surface area contributed by atoms with Gasteiger partial charge < -0.3 is 24.1 Å². The van der Waals surface area contributed by atoms with Gasteiger partial charge in [0.25, 0.3) is 0 Å². The van der Waals surface area contributed by atoms with Crippen molar-refractivity contribution >= 4 is 11.0 Å². The second-order valence-electron chi connectivity index (χ2n) is 7.11. The average molecular weight is 394 g/mol. The van der Waals surface area contributed by atoms with Crippen LogP contribution < -0.4 is 20.2 Å². The molecule has 6 heteroatoms. The Morgan fingerprint density at radius 1 is 1.10 bits per heavy atom. The quantitative estimate of drug-likeness (QED) is 0.621. The van der Waals surface area contributed by atoms with Crippen molar-refractivity contribution in [3.8, 4) is 22.8 Å². The summed E-state index contributed by atoms with van der Waals surface area (Å²) in [6, 6.07) is 14.8. The minimum Gasteiger partial charge on any atom is -0.497 e. The summed E-state index contributed by atoms with van der Waals surface area (Å²) >= 11 is 0. The second kappa shape index (κ2) is 9.11. The van der Waals surface area contributed by atoms with Crippen molar-refractivity contribution in [3.05, 3.63) is 58.8 Å². The van der Waals surface area contributed by atoms with Crippen molar-refractivity contribution < 1.29 is 13.9 Å². The molecule has 0 atom stereocenters. The first-order valence-electron chi connectivity index (χ1n) is 10.0. The van der Waals surface area contributed by atoms with E-state index >= 15 is 0 Å². The molecule has 4 rings (SSSR count). The Balaban J connectivity index is 1.61. The number of methoxy groups -OCH3 is 1. The fourth-order valence-corrected chi connectivity index (χ4v) is 3.59. The van der Waals surface area contributed by atoms with E-state index in [0.717, 1.165) is 44.7 Å². The van der Waals surface area contributed by atoms with Crippen molar-refractivity contribution in [1.29, 1.82) is 0 Å². The van der Waals surface area contributed by atoms with Crippen LogP contribution in [0.3, 0.4) is 0 Å². The number of ether oxygens (including phenoxy) is 2. The van der Waals surface area contributed by atoms with Crippen molar-refractivity contribution in [2.24, 2.45) is 0 Å². The summed E-state index contributed by atoms with van der Waals surface area (Å²) in [6.07, 6.45) is 0.855. The first-order valence-corrected chi connectivity index (χ1v) is 10.0. The minimum atomic E-state index is -0.157. The molecule has 0 aliphatic carbocycles. The Bertz CT molecular complexity index is 1010. The molecular formula is C23H26N2O4. The van der Waals surface area contributed by atoms with E-state index in [9.17, 15) is 4.79 Å². The Labute approximate surface area is 170 Å². The molecule has 1 fully saturated rings. The topological polar surface area (TPSA) is 63.9 Å². The molecule has 0 radical (unpaired) electrons. The Morgan fingerprint density at radius 3 is 2.66 bits per heavy atom. The molecule has 6 nitrogen and oxygen atoms in total. The third-order valence-electron chi connectivity index (χ3n) is 5.17. The van der Waals surface area contributed by atoms with Crippen LogP contribution in [0.2, 0.25) is 0 Å². The summed E-state index contributed by atoms with van der Waals surface area (Å²) in [7, 11) is 1.59. The molecule has 1 aliphatic rings. The SMILES string of the molecule is COc1ccc2c(=O)c(OCCCN3CCNCC3)c(-c3ccccc3)oc2c1. The summed E-state index contributed by atoms with van der Waals surface area (Å²) in [5, 5.41) is 3.84. The molecular weight excluding hydrogens is 368 g/mol. The van der Waals surface area contributed by atoms with Crippen molar-refractivity contribution in [2.75, 3.05) is 46.4 Å². The zero-order chi connectivity index (χ0) is 20.1. The number of rotatable bonds is 7. The Kier molecular flexibility index (Phi) is 6.12. The lowest BCUT2D eigenvalue weighted by atomic mass is 10.1. The normalized spacial score (nSPS) is 14.8. The smallest absolute Gasteiger partial charge is 0.235 e. The standard InChI is InChI=1S/C23H26N2O4/c1-27-18-8-9-19-20(16-18)29-22(17-6-3-2-4-7-17)23(21(19)26)28-15-5-12-25-13-10-24-11-14-25/h2-4,6-9,16,24H,5,10-15H2,1H3. The van der Waals surface area contributed by atoms with Crippen LogP contribution in [-0.4, -0.2) is 51.3 Å². The van der Waals surface area contributed by atoms with E-state index in [1.807, 2.05) is 30.3 Å². The van der Waals surface area contributed by atoms with Gasteiger partial charge in [0.15, 0.2) is 5.76 Å². The molecule has 1 aromatic heterocycles. The first-order chi connectivity index (χ1) is 14.3. The fourth-order valence-electron chi connectivity index (χ4n) is 3.59. The lowest BCUT2D eigenvalue weighted by molar-refractivity contribution is 0.212. The van der Waals surface area contributed by atoms with Crippen LogP contribution in [0.4, 0.5) is 0 Å². The van der Waals surface area contributed by atoms with E-state index in [1.165, 1.54) is 0 Å². The summed E-state index contributed by atoms with van der Waals surface area (Å²) in [6.45, 7) is 5.58. The maximum Gasteiger partial charge on any atom is 0.235 e. The van der Waals surface area contributed by atoms with Gasteiger partial charge in [-0.1, -0.05) is 30.3 Å². The van der Waals surface area contributed by atoms with Gasteiger partial charge in [-0.2, -0.15) is 0 Å². The number of hydrogen-bond acceptors (Lipinski definition) is 6. The summed E-state index contributed by atoms with van der Waals surface area (Å²) < 4.78 is 17.4. The van der Waals surface area contributed by atoms with Crippen LogP contribution in [0, 0.1) is 0 Å². The fraction of sp³-hybridized carbons (Fsp3) is 0.348. The summed E-state index contributed by atoms with van der Waals surface area (Å²) in [5.74, 6) is 1.37. The van der Waals surface area contributed by atoms with Gasteiger partial charge in [-0.3, -0.25) is 4.79 Å². The van der Waals surface area contributed by atoms with Gasteiger partial charge in [0.2, 0.25) is 11.2 Å². The molecule has 2 aromatic carbocycles. The molecule has 0 amide bonds. The molecule has 29 heavy (non-hydrogen) atoms. The van der Waals surface area contributed by atoms with Gasteiger partial charge in [0.05, 0.1) is 19.1 Å². The van der Waals surface area contributed by atoms with Gasteiger partial charge in [-0.15, -0.1) is 0 Å². The monoisotopic (exact) mass is 394 g/mol. The number of hydrogen-bond donors (Lipinski definition) is 1. The molecule has 1 N–H and O–H groups in total. The number of nitrogens with one attached hydrogen (secondary N) is 1. The van der Waals surface area contributed by atoms with Crippen molar-refractivity contribution in [3.63, 3.8) is 0 Å². The van der Waals surface area contributed by atoms with Crippen LogP contribution in [0.5, 0.6) is 11.5 Å². The third kappa shape index (κ3) is 4.44. The molecule has 0 spiro atoms. The molecule has 1 aliphatic heterocycles. The zero-order valence-electron chi connectivity index (χ0n) is 16.6. The van der Waals surface area contributed by atoms with E-state index in [2.05, 4.69) is 10.2 Å². The minimum absolute atomic E-state index is 0.157. The molecule has 2 heterocycles. The highest BCUT2D eigenvalue weighted by Gasteiger charge is 2.18. The largest absolute Gasteiger partial charge is 0.497 e. The highest BCUT2D eigenvalue weighted by molar-refractivity contribution is 5.83. The number of nitrogens with zero attached hydrogens (tertiary/aromatic N) is 1. The van der Waals surface area contributed by atoms with Crippen molar-refractivity contribution in [2.45, 2.75) is 6.42 Å². The van der Waals surface area contributed by atoms with Gasteiger partial charge in [-0.25, -0.2) is 0 Å². The van der Waals surface area contributed by atoms with Crippen LogP contribution in [-0.2, 0) is 0 Å². The molecule has 152 valence electrons. The van der Waals surface area contributed by atoms with Gasteiger partial charge in [-0.05, 0) is 18.6 Å². The summed E-state index contributed by atoms with van der Waals surface area (Å²) in [5.41, 5.74) is 1.14. The molecule has 0 unspecified atom stereocenters. The number of fused-ring (bicyclic) bond motifs is 1. The van der Waals surface area contributed by atoms with E-state index in [-0.39, 0.29) is 11.2 Å². The number of piperazine rings is 1. The molecule has 0 saturated carbocycles. The van der Waals surface area contributed by atoms with Crippen molar-refractivity contribution in [1.82, 2.24) is 10.2 Å². The lowest BCUT2D eigenvalue weighted by Crippen LogP contribution is -2.44. The van der Waals surface area contributed by atoms with Crippen LogP contribution in [0.1, 0.15) is 6.42 Å². The van der Waals surface area contributed by atoms with Gasteiger partial charge in [0.1, 0.15) is 11.3 Å². The van der Waals surface area contributed by atoms with Crippen LogP contribution in [0.15, 0.2) is 57.7 Å². The molecule has 0 bridgehead atoms. The number of benzene rings is 2. The predicted octanol–water partition coefficient (Wildman–Crippen LogP) is 3.14. The highest BCUT2D eigenvalue weighted by atomic mass is 16.5. The maximum absolute atomic E-state index is 13.2. The van der Waals surface area contributed by atoms with Gasteiger partial charge >= 0.3 is 0 Å². The van der Waals surface area contributed by atoms with Crippen LogP contribution in [0.25, 0.3) is 22.3 Å². The molecule has 3 aromatic rings.